The maximum absolute atomic E-state index is 12.7. The number of benzene rings is 3. The quantitative estimate of drug-likeness (QED) is 0.668. The van der Waals surface area contributed by atoms with Crippen molar-refractivity contribution in [2.75, 3.05) is 7.05 Å². The summed E-state index contributed by atoms with van der Waals surface area (Å²) >= 11 is 0. The molecule has 1 N–H and O–H groups in total. The lowest BCUT2D eigenvalue weighted by Crippen LogP contribution is -2.27. The molecule has 0 unspecified atom stereocenters. The summed E-state index contributed by atoms with van der Waals surface area (Å²) < 4.78 is 27.8. The second kappa shape index (κ2) is 8.82. The van der Waals surface area contributed by atoms with Crippen LogP contribution in [0.25, 0.3) is 0 Å². The molecular formula is C22H22N2O3S. The molecule has 144 valence electrons. The zero-order chi connectivity index (χ0) is 20.0. The normalized spacial score (nSPS) is 11.2. The Hall–Kier alpha value is -2.96. The van der Waals surface area contributed by atoms with Gasteiger partial charge in [-0.1, -0.05) is 66.7 Å². The summed E-state index contributed by atoms with van der Waals surface area (Å²) in [6, 6.07) is 25.0. The maximum Gasteiger partial charge on any atom is 0.253 e. The summed E-state index contributed by atoms with van der Waals surface area (Å²) in [6.45, 7) is 0.637. The van der Waals surface area contributed by atoms with Crippen molar-refractivity contribution in [2.24, 2.45) is 0 Å². The molecule has 0 atom stereocenters. The van der Waals surface area contributed by atoms with Crippen LogP contribution < -0.4 is 4.72 Å². The molecule has 0 fully saturated rings. The van der Waals surface area contributed by atoms with E-state index in [0.717, 1.165) is 11.1 Å². The Kier molecular flexibility index (Phi) is 6.23. The maximum atomic E-state index is 12.7. The minimum Gasteiger partial charge on any atom is -0.337 e. The van der Waals surface area contributed by atoms with Crippen molar-refractivity contribution in [2.45, 2.75) is 18.0 Å². The Balaban J connectivity index is 1.72. The lowest BCUT2D eigenvalue weighted by atomic mass is 10.1. The molecule has 0 aliphatic rings. The van der Waals surface area contributed by atoms with Gasteiger partial charge in [-0.2, -0.15) is 0 Å². The van der Waals surface area contributed by atoms with Gasteiger partial charge in [0.15, 0.2) is 0 Å². The van der Waals surface area contributed by atoms with Crippen molar-refractivity contribution in [3.8, 4) is 0 Å². The Morgan fingerprint density at radius 3 is 2.11 bits per heavy atom. The Morgan fingerprint density at radius 2 is 1.46 bits per heavy atom. The highest BCUT2D eigenvalue weighted by Crippen LogP contribution is 2.15. The largest absolute Gasteiger partial charge is 0.337 e. The minimum atomic E-state index is -3.72. The molecule has 0 bridgehead atoms. The number of nitrogens with zero attached hydrogens (tertiary/aromatic N) is 1. The number of hydrogen-bond donors (Lipinski definition) is 1. The summed E-state index contributed by atoms with van der Waals surface area (Å²) in [5.41, 5.74) is 2.20. The van der Waals surface area contributed by atoms with E-state index in [0.29, 0.717) is 12.1 Å². The van der Waals surface area contributed by atoms with Crippen LogP contribution in [0.15, 0.2) is 89.8 Å². The van der Waals surface area contributed by atoms with Crippen LogP contribution in [0.2, 0.25) is 0 Å². The van der Waals surface area contributed by atoms with E-state index in [1.807, 2.05) is 60.7 Å². The van der Waals surface area contributed by atoms with E-state index in [1.165, 1.54) is 12.1 Å². The molecule has 0 radical (unpaired) electrons. The van der Waals surface area contributed by atoms with E-state index in [9.17, 15) is 13.2 Å². The van der Waals surface area contributed by atoms with Gasteiger partial charge in [0.05, 0.1) is 4.90 Å². The molecule has 1 amide bonds. The van der Waals surface area contributed by atoms with Gasteiger partial charge in [0.2, 0.25) is 10.0 Å². The van der Waals surface area contributed by atoms with Crippen LogP contribution in [0.1, 0.15) is 21.5 Å². The number of amides is 1. The summed E-state index contributed by atoms with van der Waals surface area (Å²) in [5.74, 6) is -0.232. The molecule has 0 aliphatic carbocycles. The van der Waals surface area contributed by atoms with E-state index in [4.69, 9.17) is 0 Å². The monoisotopic (exact) mass is 394 g/mol. The van der Waals surface area contributed by atoms with Gasteiger partial charge in [-0.3, -0.25) is 4.79 Å². The number of nitrogens with one attached hydrogen (secondary N) is 1. The Bertz CT molecular complexity index is 1040. The third-order valence-electron chi connectivity index (χ3n) is 4.31. The predicted octanol–water partition coefficient (Wildman–Crippen LogP) is 3.44. The second-order valence-corrected chi connectivity index (χ2v) is 8.25. The van der Waals surface area contributed by atoms with Crippen molar-refractivity contribution in [3.63, 3.8) is 0 Å². The molecule has 3 aromatic carbocycles. The van der Waals surface area contributed by atoms with E-state index in [-0.39, 0.29) is 17.3 Å². The molecule has 0 saturated carbocycles. The first-order chi connectivity index (χ1) is 13.5. The fourth-order valence-corrected chi connectivity index (χ4v) is 3.87. The van der Waals surface area contributed by atoms with Gasteiger partial charge in [0.1, 0.15) is 0 Å². The molecule has 5 nitrogen and oxygen atoms in total. The predicted molar refractivity (Wildman–Crippen MR) is 109 cm³/mol. The molecule has 0 saturated heterocycles. The van der Waals surface area contributed by atoms with E-state index < -0.39 is 10.0 Å². The molecule has 0 spiro atoms. The van der Waals surface area contributed by atoms with Gasteiger partial charge in [-0.05, 0) is 29.3 Å². The first-order valence-corrected chi connectivity index (χ1v) is 10.4. The van der Waals surface area contributed by atoms with Gasteiger partial charge < -0.3 is 4.90 Å². The third kappa shape index (κ3) is 5.06. The smallest absolute Gasteiger partial charge is 0.253 e. The molecule has 3 rings (SSSR count). The standard InChI is InChI=1S/C22H22N2O3S/c1-24(17-19-11-6-3-7-12-19)22(25)20-13-8-14-21(15-20)28(26,27)23-16-18-9-4-2-5-10-18/h2-15,23H,16-17H2,1H3. The minimum absolute atomic E-state index is 0.0717. The number of hydrogen-bond acceptors (Lipinski definition) is 3. The molecular weight excluding hydrogens is 372 g/mol. The van der Waals surface area contributed by atoms with Gasteiger partial charge in [0.25, 0.3) is 5.91 Å². The zero-order valence-electron chi connectivity index (χ0n) is 15.6. The van der Waals surface area contributed by atoms with Gasteiger partial charge in [0, 0.05) is 25.7 Å². The van der Waals surface area contributed by atoms with Crippen molar-refractivity contribution in [1.82, 2.24) is 9.62 Å². The van der Waals surface area contributed by atoms with Crippen molar-refractivity contribution < 1.29 is 13.2 Å². The number of rotatable bonds is 7. The lowest BCUT2D eigenvalue weighted by molar-refractivity contribution is 0.0785. The van der Waals surface area contributed by atoms with E-state index >= 15 is 0 Å². The molecule has 0 aromatic heterocycles. The molecule has 3 aromatic rings. The van der Waals surface area contributed by atoms with Crippen LogP contribution in [0.3, 0.4) is 0 Å². The number of carbonyl (C=O) groups is 1. The van der Waals surface area contributed by atoms with Crippen LogP contribution in [-0.2, 0) is 23.1 Å². The fraction of sp³-hybridized carbons (Fsp3) is 0.136. The van der Waals surface area contributed by atoms with Crippen LogP contribution in [0.5, 0.6) is 0 Å². The highest BCUT2D eigenvalue weighted by molar-refractivity contribution is 7.89. The van der Waals surface area contributed by atoms with Gasteiger partial charge in [-0.25, -0.2) is 13.1 Å². The SMILES string of the molecule is CN(Cc1ccccc1)C(=O)c1cccc(S(=O)(=O)NCc2ccccc2)c1. The molecule has 0 heterocycles. The zero-order valence-corrected chi connectivity index (χ0v) is 16.4. The second-order valence-electron chi connectivity index (χ2n) is 6.48. The first-order valence-electron chi connectivity index (χ1n) is 8.89. The summed E-state index contributed by atoms with van der Waals surface area (Å²) in [7, 11) is -2.02. The Labute approximate surface area is 165 Å². The van der Waals surface area contributed by atoms with Crippen molar-refractivity contribution >= 4 is 15.9 Å². The fourth-order valence-electron chi connectivity index (χ4n) is 2.80. The van der Waals surface area contributed by atoms with Crippen molar-refractivity contribution in [3.05, 3.63) is 102 Å². The number of carbonyl (C=O) groups excluding carboxylic acids is 1. The molecule has 28 heavy (non-hydrogen) atoms. The van der Waals surface area contributed by atoms with Crippen molar-refractivity contribution in [1.29, 1.82) is 0 Å². The number of sulfonamides is 1. The summed E-state index contributed by atoms with van der Waals surface area (Å²) in [5, 5.41) is 0. The third-order valence-corrected chi connectivity index (χ3v) is 5.71. The Morgan fingerprint density at radius 1 is 0.857 bits per heavy atom. The summed E-state index contributed by atoms with van der Waals surface area (Å²) in [4.78, 5) is 14.4. The van der Waals surface area contributed by atoms with Crippen LogP contribution >= 0.6 is 0 Å². The van der Waals surface area contributed by atoms with Gasteiger partial charge >= 0.3 is 0 Å². The van der Waals surface area contributed by atoms with E-state index in [1.54, 1.807) is 24.1 Å². The van der Waals surface area contributed by atoms with Crippen LogP contribution in [0, 0.1) is 0 Å². The van der Waals surface area contributed by atoms with Crippen LogP contribution in [-0.4, -0.2) is 26.3 Å². The average Bonchev–Trinajstić information content (AvgIpc) is 2.73. The molecule has 0 aliphatic heterocycles. The highest BCUT2D eigenvalue weighted by Gasteiger charge is 2.18. The van der Waals surface area contributed by atoms with Gasteiger partial charge in [-0.15, -0.1) is 0 Å². The van der Waals surface area contributed by atoms with Crippen LogP contribution in [0.4, 0.5) is 0 Å². The summed E-state index contributed by atoms with van der Waals surface area (Å²) in [6.07, 6.45) is 0. The first kappa shape index (κ1) is 19.8. The van der Waals surface area contributed by atoms with E-state index in [2.05, 4.69) is 4.72 Å². The topological polar surface area (TPSA) is 66.5 Å². The highest BCUT2D eigenvalue weighted by atomic mass is 32.2. The lowest BCUT2D eigenvalue weighted by Gasteiger charge is -2.18. The molecule has 6 heteroatoms. The average molecular weight is 394 g/mol.